The van der Waals surface area contributed by atoms with Crippen molar-refractivity contribution in [2.24, 2.45) is 0 Å². The highest BCUT2D eigenvalue weighted by Gasteiger charge is 2.50. The number of halogens is 3. The molecule has 1 aromatic heterocycles. The smallest absolute Gasteiger partial charge is 0.461 e. The Balaban J connectivity index is 2.16. The second-order valence-electron chi connectivity index (χ2n) is 5.69. The molecule has 140 valence electrons. The predicted octanol–water partition coefficient (Wildman–Crippen LogP) is 3.74. The summed E-state index contributed by atoms with van der Waals surface area (Å²) in [5, 5.41) is 9.95. The van der Waals surface area contributed by atoms with Gasteiger partial charge in [0, 0.05) is 5.56 Å². The van der Waals surface area contributed by atoms with Crippen LogP contribution in [-0.4, -0.2) is 24.2 Å². The first-order valence-corrected chi connectivity index (χ1v) is 7.86. The van der Waals surface area contributed by atoms with Crippen molar-refractivity contribution in [1.29, 1.82) is 0 Å². The fourth-order valence-corrected chi connectivity index (χ4v) is 2.63. The zero-order valence-corrected chi connectivity index (χ0v) is 14.2. The number of carbonyl (C=O) groups is 1. The van der Waals surface area contributed by atoms with Crippen molar-refractivity contribution in [2.45, 2.75) is 12.7 Å². The van der Waals surface area contributed by atoms with Crippen LogP contribution in [0.5, 0.6) is 11.7 Å². The highest BCUT2D eigenvalue weighted by atomic mass is 19.4. The number of oxazole rings is 1. The average molecular weight is 378 g/mol. The fourth-order valence-electron chi connectivity index (χ4n) is 2.63. The minimum Gasteiger partial charge on any atom is -0.497 e. The Morgan fingerprint density at radius 3 is 2.30 bits per heavy atom. The third-order valence-corrected chi connectivity index (χ3v) is 3.90. The summed E-state index contributed by atoms with van der Waals surface area (Å²) in [6.45, 7) is -0.0938. The topological polar surface area (TPSA) is 63.6 Å². The fraction of sp³-hybridized carbons (Fsp3) is 0.158. The largest absolute Gasteiger partial charge is 0.497 e. The number of hydrogen-bond donors (Lipinski definition) is 1. The molecule has 0 atom stereocenters. The summed E-state index contributed by atoms with van der Waals surface area (Å²) >= 11 is 0. The van der Waals surface area contributed by atoms with E-state index in [1.807, 2.05) is 0 Å². The van der Waals surface area contributed by atoms with Crippen molar-refractivity contribution in [2.75, 3.05) is 7.11 Å². The molecule has 8 heteroatoms. The second-order valence-corrected chi connectivity index (χ2v) is 5.69. The maximum Gasteiger partial charge on any atom is 0.461 e. The van der Waals surface area contributed by atoms with Gasteiger partial charge in [-0.3, -0.25) is 4.79 Å². The number of nitrogens with zero attached hydrogens (tertiary/aromatic N) is 1. The van der Waals surface area contributed by atoms with Crippen LogP contribution in [0.25, 0.3) is 11.5 Å². The highest BCUT2D eigenvalue weighted by Crippen LogP contribution is 2.31. The lowest BCUT2D eigenvalue weighted by Crippen LogP contribution is -2.43. The number of aromatic hydroxyl groups is 1. The number of Topliss-reactive ketones (excluding diaryl/α,β-unsaturated/α-hetero) is 1. The zero-order valence-electron chi connectivity index (χ0n) is 14.2. The molecule has 5 nitrogen and oxygen atoms in total. The molecule has 0 bridgehead atoms. The molecule has 0 amide bonds. The van der Waals surface area contributed by atoms with Crippen molar-refractivity contribution in [3.8, 4) is 23.1 Å². The van der Waals surface area contributed by atoms with Crippen LogP contribution in [0.2, 0.25) is 0 Å². The van der Waals surface area contributed by atoms with Crippen LogP contribution in [0.15, 0.2) is 59.0 Å². The van der Waals surface area contributed by atoms with Crippen LogP contribution >= 0.6 is 0 Å². The van der Waals surface area contributed by atoms with Crippen molar-refractivity contribution in [3.05, 3.63) is 65.9 Å². The molecule has 0 aliphatic carbocycles. The molecule has 2 aromatic carbocycles. The van der Waals surface area contributed by atoms with Gasteiger partial charge in [-0.05, 0) is 24.3 Å². The number of aromatic nitrogens is 1. The second kappa shape index (κ2) is 7.14. The lowest BCUT2D eigenvalue weighted by Gasteiger charge is -2.04. The Kier molecular flexibility index (Phi) is 4.89. The normalized spacial score (nSPS) is 11.4. The summed E-state index contributed by atoms with van der Waals surface area (Å²) in [7, 11) is 1.48. The van der Waals surface area contributed by atoms with E-state index in [1.165, 1.54) is 7.11 Å². The van der Waals surface area contributed by atoms with Gasteiger partial charge >= 0.3 is 29.5 Å². The van der Waals surface area contributed by atoms with Crippen LogP contribution in [0.3, 0.4) is 0 Å². The molecule has 0 aliphatic rings. The molecule has 3 rings (SSSR count). The number of ketones is 1. The molecule has 0 radical (unpaired) electrons. The lowest BCUT2D eigenvalue weighted by molar-refractivity contribution is -0.681. The van der Waals surface area contributed by atoms with E-state index < -0.39 is 23.6 Å². The summed E-state index contributed by atoms with van der Waals surface area (Å²) in [6.07, 6.45) is -5.16. The monoisotopic (exact) mass is 378 g/mol. The van der Waals surface area contributed by atoms with Gasteiger partial charge in [0.15, 0.2) is 6.54 Å². The van der Waals surface area contributed by atoms with E-state index in [1.54, 1.807) is 54.6 Å². The molecule has 0 aliphatic heterocycles. The molecule has 0 saturated heterocycles. The van der Waals surface area contributed by atoms with Gasteiger partial charge in [-0.1, -0.05) is 30.3 Å². The van der Waals surface area contributed by atoms with E-state index in [9.17, 15) is 23.1 Å². The van der Waals surface area contributed by atoms with Crippen molar-refractivity contribution in [1.82, 2.24) is 0 Å². The molecule has 0 spiro atoms. The predicted molar refractivity (Wildman–Crippen MR) is 88.5 cm³/mol. The Hall–Kier alpha value is -3.29. The highest BCUT2D eigenvalue weighted by molar-refractivity contribution is 5.99. The third kappa shape index (κ3) is 3.79. The molecule has 27 heavy (non-hydrogen) atoms. The Bertz CT molecular complexity index is 948. The Morgan fingerprint density at radius 2 is 1.74 bits per heavy atom. The van der Waals surface area contributed by atoms with Gasteiger partial charge in [-0.2, -0.15) is 13.2 Å². The van der Waals surface area contributed by atoms with E-state index in [2.05, 4.69) is 0 Å². The molecule has 0 saturated carbocycles. The first-order chi connectivity index (χ1) is 12.8. The Labute approximate surface area is 152 Å². The van der Waals surface area contributed by atoms with E-state index in [-0.39, 0.29) is 12.4 Å². The number of carbonyl (C=O) groups excluding carboxylic acids is 1. The molecular weight excluding hydrogens is 363 g/mol. The van der Waals surface area contributed by atoms with Gasteiger partial charge in [-0.25, -0.2) is 0 Å². The van der Waals surface area contributed by atoms with Gasteiger partial charge in [-0.15, -0.1) is 4.57 Å². The van der Waals surface area contributed by atoms with Crippen LogP contribution in [-0.2, 0) is 6.54 Å². The summed E-state index contributed by atoms with van der Waals surface area (Å²) in [5.41, 5.74) is 0.0645. The number of alkyl halides is 3. The molecule has 0 unspecified atom stereocenters. The van der Waals surface area contributed by atoms with Crippen molar-refractivity contribution < 1.29 is 36.8 Å². The first kappa shape index (κ1) is 18.5. The number of hydrogen-bond acceptors (Lipinski definition) is 4. The summed E-state index contributed by atoms with van der Waals surface area (Å²) in [4.78, 5) is 11.9. The maximum absolute atomic E-state index is 13.0. The maximum atomic E-state index is 13.0. The van der Waals surface area contributed by atoms with E-state index in [0.29, 0.717) is 16.9 Å². The van der Waals surface area contributed by atoms with E-state index in [4.69, 9.17) is 9.15 Å². The van der Waals surface area contributed by atoms with E-state index in [0.717, 1.165) is 4.57 Å². The number of methoxy groups -OCH3 is 1. The average Bonchev–Trinajstić information content (AvgIpc) is 2.97. The van der Waals surface area contributed by atoms with Crippen molar-refractivity contribution >= 4 is 5.78 Å². The van der Waals surface area contributed by atoms with Crippen LogP contribution in [0.1, 0.15) is 16.1 Å². The summed E-state index contributed by atoms with van der Waals surface area (Å²) in [6, 6.07) is 14.9. The summed E-state index contributed by atoms with van der Waals surface area (Å²) < 4.78 is 50.3. The zero-order chi connectivity index (χ0) is 19.6. The number of benzene rings is 2. The molecular formula is C19H15F3NO4+. The van der Waals surface area contributed by atoms with Gasteiger partial charge in [0.25, 0.3) is 0 Å². The molecule has 3 aromatic rings. The number of ether oxygens (including phenoxy) is 1. The van der Waals surface area contributed by atoms with Crippen molar-refractivity contribution in [3.63, 3.8) is 0 Å². The van der Waals surface area contributed by atoms with Crippen LogP contribution in [0, 0.1) is 0 Å². The third-order valence-electron chi connectivity index (χ3n) is 3.90. The molecule has 0 fully saturated rings. The summed E-state index contributed by atoms with van der Waals surface area (Å²) in [5.74, 6) is -2.80. The first-order valence-electron chi connectivity index (χ1n) is 7.86. The van der Waals surface area contributed by atoms with Gasteiger partial charge in [0.1, 0.15) is 5.75 Å². The lowest BCUT2D eigenvalue weighted by atomic mass is 10.1. The minimum atomic E-state index is -5.16. The molecule has 1 heterocycles. The van der Waals surface area contributed by atoms with Gasteiger partial charge in [0.2, 0.25) is 0 Å². The van der Waals surface area contributed by atoms with E-state index >= 15 is 0 Å². The SMILES string of the molecule is COc1ccc(-c2oc(O)c(C(=O)C(F)(F)F)[n+]2Cc2ccccc2)cc1. The number of rotatable bonds is 5. The Morgan fingerprint density at radius 1 is 1.11 bits per heavy atom. The van der Waals surface area contributed by atoms with Gasteiger partial charge < -0.3 is 14.3 Å². The van der Waals surface area contributed by atoms with Gasteiger partial charge in [0.05, 0.1) is 12.7 Å². The van der Waals surface area contributed by atoms with Crippen LogP contribution in [0.4, 0.5) is 13.2 Å². The quantitative estimate of drug-likeness (QED) is 0.543. The molecule has 1 N–H and O–H groups in total. The van der Waals surface area contributed by atoms with Crippen LogP contribution < -0.4 is 9.30 Å². The standard InChI is InChI=1S/C19H14F3NO4/c1-26-14-9-7-13(8-10-14)17-23(11-12-5-3-2-4-6-12)15(18(25)27-17)16(24)19(20,21)22/h2-10H,11H2,1H3/p+1. The minimum absolute atomic E-state index is 0.0772.